The molecule has 0 bridgehead atoms. The van der Waals surface area contributed by atoms with Crippen LogP contribution in [-0.4, -0.2) is 74.7 Å². The van der Waals surface area contributed by atoms with Gasteiger partial charge < -0.3 is 15.0 Å². The quantitative estimate of drug-likeness (QED) is 0.670. The summed E-state index contributed by atoms with van der Waals surface area (Å²) in [7, 11) is 1.87. The molecule has 0 aromatic carbocycles. The highest BCUT2D eigenvalue weighted by atomic mass is 16.5. The molecule has 0 aromatic heterocycles. The molecule has 1 rings (SSSR count). The fraction of sp³-hybridized carbons (Fsp3) is 0.933. The van der Waals surface area contributed by atoms with Crippen LogP contribution >= 0.6 is 0 Å². The van der Waals surface area contributed by atoms with Crippen molar-refractivity contribution >= 4 is 5.91 Å². The third-order valence-electron chi connectivity index (χ3n) is 3.60. The van der Waals surface area contributed by atoms with Crippen LogP contribution in [0.3, 0.4) is 0 Å². The average Bonchev–Trinajstić information content (AvgIpc) is 2.43. The minimum Gasteiger partial charge on any atom is -0.374 e. The Bertz CT molecular complexity index is 284. The number of ether oxygens (including phenoxy) is 1. The van der Waals surface area contributed by atoms with Crippen molar-refractivity contribution in [1.82, 2.24) is 15.1 Å². The van der Waals surface area contributed by atoms with Gasteiger partial charge in [0.25, 0.3) is 0 Å². The van der Waals surface area contributed by atoms with Crippen molar-refractivity contribution in [3.05, 3.63) is 0 Å². The van der Waals surface area contributed by atoms with Gasteiger partial charge in [0.15, 0.2) is 0 Å². The van der Waals surface area contributed by atoms with Gasteiger partial charge in [-0.15, -0.1) is 0 Å². The number of rotatable bonds is 8. The van der Waals surface area contributed by atoms with Crippen molar-refractivity contribution in [2.45, 2.75) is 33.3 Å². The zero-order chi connectivity index (χ0) is 15.0. The highest BCUT2D eigenvalue weighted by Crippen LogP contribution is 2.08. The van der Waals surface area contributed by atoms with Crippen LogP contribution < -0.4 is 5.32 Å². The second-order valence-electron chi connectivity index (χ2n) is 5.92. The number of nitrogens with one attached hydrogen (secondary N) is 1. The van der Waals surface area contributed by atoms with Gasteiger partial charge in [-0.2, -0.15) is 0 Å². The van der Waals surface area contributed by atoms with Gasteiger partial charge >= 0.3 is 0 Å². The van der Waals surface area contributed by atoms with Crippen LogP contribution in [0.5, 0.6) is 0 Å². The predicted octanol–water partition coefficient (Wildman–Crippen LogP) is 0.801. The molecule has 1 heterocycles. The van der Waals surface area contributed by atoms with Gasteiger partial charge in [-0.25, -0.2) is 0 Å². The second-order valence-corrected chi connectivity index (χ2v) is 5.92. The molecule has 0 radical (unpaired) electrons. The molecule has 1 amide bonds. The van der Waals surface area contributed by atoms with Crippen molar-refractivity contribution in [1.29, 1.82) is 0 Å². The summed E-state index contributed by atoms with van der Waals surface area (Å²) in [5, 5.41) is 3.42. The Morgan fingerprint density at radius 3 is 2.85 bits per heavy atom. The first-order chi connectivity index (χ1) is 9.54. The summed E-state index contributed by atoms with van der Waals surface area (Å²) in [6.07, 6.45) is 1.32. The van der Waals surface area contributed by atoms with E-state index < -0.39 is 0 Å². The lowest BCUT2D eigenvalue weighted by molar-refractivity contribution is -0.136. The lowest BCUT2D eigenvalue weighted by Crippen LogP contribution is -2.49. The Kier molecular flexibility index (Phi) is 8.11. The van der Waals surface area contributed by atoms with Crippen LogP contribution in [0, 0.1) is 5.92 Å². The maximum Gasteiger partial charge on any atom is 0.224 e. The summed E-state index contributed by atoms with van der Waals surface area (Å²) in [4.78, 5) is 16.1. The van der Waals surface area contributed by atoms with E-state index in [1.807, 2.05) is 20.9 Å². The third kappa shape index (κ3) is 6.20. The zero-order valence-corrected chi connectivity index (χ0v) is 13.5. The standard InChI is InChI=1S/C15H31N3O2/c1-5-6-16-7-8-18-9-10-20-14(12-18)11-17(4)15(19)13(2)3/h13-14,16H,5-12H2,1-4H3/t14-/m0/s1. The SMILES string of the molecule is CCCNCCN1CCO[C@@H](CN(C)C(=O)C(C)C)C1. The highest BCUT2D eigenvalue weighted by Gasteiger charge is 2.23. The van der Waals surface area contributed by atoms with Crippen molar-refractivity contribution < 1.29 is 9.53 Å². The molecule has 20 heavy (non-hydrogen) atoms. The molecule has 5 heteroatoms. The molecule has 1 N–H and O–H groups in total. The van der Waals surface area contributed by atoms with Crippen LogP contribution in [0.2, 0.25) is 0 Å². The van der Waals surface area contributed by atoms with Gasteiger partial charge in [0.1, 0.15) is 0 Å². The van der Waals surface area contributed by atoms with Crippen molar-refractivity contribution in [2.24, 2.45) is 5.92 Å². The van der Waals surface area contributed by atoms with Gasteiger partial charge in [0.2, 0.25) is 5.91 Å². The van der Waals surface area contributed by atoms with E-state index in [9.17, 15) is 4.79 Å². The van der Waals surface area contributed by atoms with E-state index in [0.717, 1.165) is 39.3 Å². The van der Waals surface area contributed by atoms with E-state index in [1.165, 1.54) is 6.42 Å². The monoisotopic (exact) mass is 285 g/mol. The molecule has 5 nitrogen and oxygen atoms in total. The van der Waals surface area contributed by atoms with Gasteiger partial charge in [0.05, 0.1) is 12.7 Å². The minimum atomic E-state index is 0.0536. The second kappa shape index (κ2) is 9.32. The van der Waals surface area contributed by atoms with E-state index in [-0.39, 0.29) is 17.9 Å². The fourth-order valence-corrected chi connectivity index (χ4v) is 2.47. The number of nitrogens with zero attached hydrogens (tertiary/aromatic N) is 2. The molecule has 1 saturated heterocycles. The molecule has 0 aliphatic carbocycles. The molecule has 0 aromatic rings. The molecular weight excluding hydrogens is 254 g/mol. The third-order valence-corrected chi connectivity index (χ3v) is 3.60. The Hall–Kier alpha value is -0.650. The maximum absolute atomic E-state index is 11.9. The summed E-state index contributed by atoms with van der Waals surface area (Å²) in [6, 6.07) is 0. The summed E-state index contributed by atoms with van der Waals surface area (Å²) < 4.78 is 5.78. The number of amides is 1. The fourth-order valence-electron chi connectivity index (χ4n) is 2.47. The van der Waals surface area contributed by atoms with Crippen LogP contribution in [0.4, 0.5) is 0 Å². The highest BCUT2D eigenvalue weighted by molar-refractivity contribution is 5.77. The Morgan fingerprint density at radius 2 is 2.20 bits per heavy atom. The van der Waals surface area contributed by atoms with Crippen LogP contribution in [-0.2, 0) is 9.53 Å². The summed E-state index contributed by atoms with van der Waals surface area (Å²) in [6.45, 7) is 12.6. The molecule has 1 aliphatic rings. The topological polar surface area (TPSA) is 44.8 Å². The van der Waals surface area contributed by atoms with E-state index in [1.54, 1.807) is 4.90 Å². The summed E-state index contributed by atoms with van der Waals surface area (Å²) in [5.74, 6) is 0.244. The average molecular weight is 285 g/mol. The number of hydrogen-bond acceptors (Lipinski definition) is 4. The smallest absolute Gasteiger partial charge is 0.224 e. The van der Waals surface area contributed by atoms with Crippen LogP contribution in [0.1, 0.15) is 27.2 Å². The first-order valence-electron chi connectivity index (χ1n) is 7.84. The van der Waals surface area contributed by atoms with Crippen LogP contribution in [0.15, 0.2) is 0 Å². The largest absolute Gasteiger partial charge is 0.374 e. The lowest BCUT2D eigenvalue weighted by atomic mass is 10.2. The van der Waals surface area contributed by atoms with Gasteiger partial charge in [-0.1, -0.05) is 20.8 Å². The van der Waals surface area contributed by atoms with E-state index >= 15 is 0 Å². The van der Waals surface area contributed by atoms with Crippen molar-refractivity contribution in [3.8, 4) is 0 Å². The Morgan fingerprint density at radius 1 is 1.45 bits per heavy atom. The first kappa shape index (κ1) is 17.4. The molecule has 1 atom stereocenters. The first-order valence-corrected chi connectivity index (χ1v) is 7.84. The van der Waals surface area contributed by atoms with Gasteiger partial charge in [-0.3, -0.25) is 9.69 Å². The zero-order valence-electron chi connectivity index (χ0n) is 13.5. The predicted molar refractivity (Wildman–Crippen MR) is 81.8 cm³/mol. The summed E-state index contributed by atoms with van der Waals surface area (Å²) >= 11 is 0. The molecule has 0 unspecified atom stereocenters. The number of likely N-dealkylation sites (N-methyl/N-ethyl adjacent to an activating group) is 1. The number of morpholine rings is 1. The van der Waals surface area contributed by atoms with Gasteiger partial charge in [-0.05, 0) is 13.0 Å². The minimum absolute atomic E-state index is 0.0536. The number of hydrogen-bond donors (Lipinski definition) is 1. The van der Waals surface area contributed by atoms with Crippen molar-refractivity contribution in [2.75, 3.05) is 52.9 Å². The Balaban J connectivity index is 2.28. The van der Waals surface area contributed by atoms with E-state index in [2.05, 4.69) is 17.1 Å². The summed E-state index contributed by atoms with van der Waals surface area (Å²) in [5.41, 5.74) is 0. The maximum atomic E-state index is 11.9. The lowest BCUT2D eigenvalue weighted by Gasteiger charge is -2.35. The van der Waals surface area contributed by atoms with Gasteiger partial charge in [0, 0.05) is 45.7 Å². The molecular formula is C15H31N3O2. The van der Waals surface area contributed by atoms with E-state index in [4.69, 9.17) is 4.74 Å². The Labute approximate surface area is 123 Å². The van der Waals surface area contributed by atoms with E-state index in [0.29, 0.717) is 6.54 Å². The molecule has 0 saturated carbocycles. The number of carbonyl (C=O) groups excluding carboxylic acids is 1. The molecule has 118 valence electrons. The number of carbonyl (C=O) groups is 1. The molecule has 1 fully saturated rings. The van der Waals surface area contributed by atoms with Crippen LogP contribution in [0.25, 0.3) is 0 Å². The van der Waals surface area contributed by atoms with Crippen molar-refractivity contribution in [3.63, 3.8) is 0 Å². The molecule has 0 spiro atoms. The normalized spacial score (nSPS) is 20.4. The molecule has 1 aliphatic heterocycles.